The summed E-state index contributed by atoms with van der Waals surface area (Å²) in [6.45, 7) is 19.3. The van der Waals surface area contributed by atoms with Crippen LogP contribution in [-0.4, -0.2) is 98.5 Å². The lowest BCUT2D eigenvalue weighted by Gasteiger charge is -2.69. The number of fused-ring (bicyclic) bond motifs is 2. The summed E-state index contributed by atoms with van der Waals surface area (Å²) < 4.78 is 27.6. The number of nitrogens with zero attached hydrogens (tertiary/aromatic N) is 7. The smallest absolute Gasteiger partial charge is 0.355 e. The predicted octanol–water partition coefficient (Wildman–Crippen LogP) is 10.7. The van der Waals surface area contributed by atoms with Crippen molar-refractivity contribution >= 4 is 50.1 Å². The van der Waals surface area contributed by atoms with Gasteiger partial charge in [-0.25, -0.2) is 14.8 Å². The van der Waals surface area contributed by atoms with Gasteiger partial charge in [0, 0.05) is 53.1 Å². The van der Waals surface area contributed by atoms with Crippen LogP contribution in [0.3, 0.4) is 0 Å². The first kappa shape index (κ1) is 47.8. The van der Waals surface area contributed by atoms with Crippen LogP contribution < -0.4 is 20.3 Å². The number of pyridine rings is 1. The molecule has 15 nitrogen and oxygen atoms in total. The first-order valence-electron chi connectivity index (χ1n) is 25.3. The summed E-state index contributed by atoms with van der Waals surface area (Å²) in [5.41, 5.74) is 7.80. The van der Waals surface area contributed by atoms with Crippen LogP contribution in [0.25, 0.3) is 32.5 Å². The number of para-hydroxylation sites is 1. The summed E-state index contributed by atoms with van der Waals surface area (Å²) in [5.74, 6) is 0.956. The van der Waals surface area contributed by atoms with Crippen LogP contribution in [0.15, 0.2) is 54.7 Å². The normalized spacial score (nSPS) is 26.3. The van der Waals surface area contributed by atoms with Gasteiger partial charge in [0.1, 0.15) is 11.6 Å². The van der Waals surface area contributed by atoms with Crippen molar-refractivity contribution in [3.8, 4) is 28.0 Å². The van der Waals surface area contributed by atoms with Crippen molar-refractivity contribution in [2.24, 2.45) is 16.2 Å². The molecule has 16 heteroatoms. The molecule has 0 spiro atoms. The monoisotopic (exact) mass is 981 g/mol. The van der Waals surface area contributed by atoms with E-state index in [0.717, 1.165) is 131 Å². The topological polar surface area (TPSA) is 171 Å². The zero-order chi connectivity index (χ0) is 49.5. The van der Waals surface area contributed by atoms with Crippen LogP contribution in [0, 0.1) is 37.0 Å². The van der Waals surface area contributed by atoms with Crippen molar-refractivity contribution in [3.05, 3.63) is 82.8 Å². The Kier molecular flexibility index (Phi) is 12.0. The van der Waals surface area contributed by atoms with E-state index in [9.17, 15) is 9.90 Å². The molecule has 2 unspecified atom stereocenters. The molecule has 0 amide bonds. The first-order chi connectivity index (χ1) is 34.0. The highest BCUT2D eigenvalue weighted by molar-refractivity contribution is 7.22. The molecule has 3 N–H and O–H groups in total. The van der Waals surface area contributed by atoms with E-state index in [4.69, 9.17) is 44.2 Å². The Balaban J connectivity index is 0.902. The van der Waals surface area contributed by atoms with Gasteiger partial charge in [0.25, 0.3) is 0 Å². The summed E-state index contributed by atoms with van der Waals surface area (Å²) in [6.07, 6.45) is 11.1. The number of nitrogens with one attached hydrogen (secondary N) is 2. The Morgan fingerprint density at radius 3 is 2.39 bits per heavy atom. The van der Waals surface area contributed by atoms with Gasteiger partial charge < -0.3 is 39.6 Å². The van der Waals surface area contributed by atoms with Gasteiger partial charge in [0.05, 0.1) is 48.4 Å². The van der Waals surface area contributed by atoms with Crippen molar-refractivity contribution in [1.82, 2.24) is 35.3 Å². The van der Waals surface area contributed by atoms with E-state index >= 15 is 0 Å². The van der Waals surface area contributed by atoms with E-state index in [0.29, 0.717) is 42.8 Å². The molecular weight excluding hydrogens is 915 g/mol. The van der Waals surface area contributed by atoms with Crippen molar-refractivity contribution in [2.75, 3.05) is 50.2 Å². The molecule has 4 saturated carbocycles. The minimum absolute atomic E-state index is 0.0159. The standard InChI is InChI=1S/C55H67N9O6S/c1-33-39-12-11-22-63(47(39)62-61-46(33)60-50-58-41-13-9-10-14-42(41)71-50)48-43(36-15-17-37(67-8)18-16-36)34(2)44(45(59-48)49(65)66)40-24-57-64(35(40)3)32-54-27-52(6)26-53(7,28-54)30-55(29-52,31-54)68-23-21-56-20-19-38-25-69-51(4,5)70-38/h9-10,13-18,24,38,56H,11-12,19-23,25-32H2,1-8H3,(H,65,66)(H,58,60,61)/t38-,52?,53?,54?,55?/m0/s1. The van der Waals surface area contributed by atoms with Gasteiger partial charge in [-0.2, -0.15) is 5.10 Å². The zero-order valence-corrected chi connectivity index (χ0v) is 43.2. The molecule has 4 aromatic heterocycles. The molecule has 3 atom stereocenters. The molecule has 6 heterocycles. The van der Waals surface area contributed by atoms with Gasteiger partial charge in [-0.05, 0) is 151 Å². The van der Waals surface area contributed by atoms with Gasteiger partial charge in [-0.15, -0.1) is 10.2 Å². The van der Waals surface area contributed by atoms with E-state index in [-0.39, 0.29) is 33.6 Å². The van der Waals surface area contributed by atoms with Crippen molar-refractivity contribution in [1.29, 1.82) is 0 Å². The van der Waals surface area contributed by atoms with Crippen LogP contribution in [0.1, 0.15) is 112 Å². The van der Waals surface area contributed by atoms with Gasteiger partial charge in [0.2, 0.25) is 0 Å². The fraction of sp³-hybridized carbons (Fsp3) is 0.527. The second-order valence-electron chi connectivity index (χ2n) is 22.5. The SMILES string of the molecule is COc1ccc(-c2c(N3CCCc4c3nnc(Nc3nc5ccccc5s3)c4C)nc(C(=O)O)c(-c3cnn(CC45CC6(C)CC(C)(C4)CC(OCCNCC[C@H]4COC(C)(C)O4)(C6)C5)c3C)c2C)cc1. The second kappa shape index (κ2) is 17.9. The Morgan fingerprint density at radius 2 is 1.68 bits per heavy atom. The van der Waals surface area contributed by atoms with E-state index < -0.39 is 11.8 Å². The second-order valence-corrected chi connectivity index (χ2v) is 23.6. The number of rotatable bonds is 16. The summed E-state index contributed by atoms with van der Waals surface area (Å²) >= 11 is 1.57. The summed E-state index contributed by atoms with van der Waals surface area (Å²) in [6, 6.07) is 16.0. The number of carboxylic acid groups (broad SMARTS) is 1. The minimum atomic E-state index is -1.10. The number of ether oxygens (including phenoxy) is 4. The fourth-order valence-electron chi connectivity index (χ4n) is 14.4. The highest BCUT2D eigenvalue weighted by atomic mass is 32.1. The molecule has 2 aromatic carbocycles. The Hall–Kier alpha value is -5.52. The van der Waals surface area contributed by atoms with Crippen LogP contribution in [0.2, 0.25) is 0 Å². The lowest BCUT2D eigenvalue weighted by Crippen LogP contribution is -2.64. The van der Waals surface area contributed by atoms with Gasteiger partial charge in [0.15, 0.2) is 28.2 Å². The van der Waals surface area contributed by atoms with E-state index in [2.05, 4.69) is 54.0 Å². The molecule has 71 heavy (non-hydrogen) atoms. The Morgan fingerprint density at radius 1 is 0.901 bits per heavy atom. The van der Waals surface area contributed by atoms with Crippen molar-refractivity contribution in [3.63, 3.8) is 0 Å². The number of methoxy groups -OCH3 is 1. The lowest BCUT2D eigenvalue weighted by atomic mass is 9.39. The van der Waals surface area contributed by atoms with Crippen molar-refractivity contribution < 1.29 is 28.8 Å². The Bertz CT molecular complexity index is 2970. The van der Waals surface area contributed by atoms with Crippen LogP contribution in [0.4, 0.5) is 22.6 Å². The summed E-state index contributed by atoms with van der Waals surface area (Å²) in [4.78, 5) is 25.6. The number of benzene rings is 2. The van der Waals surface area contributed by atoms with Gasteiger partial charge in [-0.1, -0.05) is 49.4 Å². The average molecular weight is 982 g/mol. The number of aromatic carboxylic acids is 1. The number of aromatic nitrogens is 6. The third kappa shape index (κ3) is 8.97. The molecule has 6 aromatic rings. The maximum Gasteiger partial charge on any atom is 0.355 e. The highest BCUT2D eigenvalue weighted by Gasteiger charge is 2.66. The quantitative estimate of drug-likeness (QED) is 0.0783. The number of carboxylic acids is 1. The average Bonchev–Trinajstić information content (AvgIpc) is 4.01. The van der Waals surface area contributed by atoms with Crippen molar-refractivity contribution in [2.45, 2.75) is 130 Å². The molecule has 4 aliphatic carbocycles. The molecule has 4 bridgehead atoms. The maximum absolute atomic E-state index is 13.7. The van der Waals surface area contributed by atoms with E-state index in [1.807, 2.05) is 69.4 Å². The fourth-order valence-corrected chi connectivity index (χ4v) is 15.2. The molecule has 1 saturated heterocycles. The lowest BCUT2D eigenvalue weighted by molar-refractivity contribution is -0.247. The van der Waals surface area contributed by atoms with Gasteiger partial charge in [-0.3, -0.25) is 4.68 Å². The van der Waals surface area contributed by atoms with Gasteiger partial charge >= 0.3 is 5.97 Å². The number of hydrogen-bond donors (Lipinski definition) is 3. The molecule has 5 fully saturated rings. The third-order valence-corrected chi connectivity index (χ3v) is 17.0. The Labute approximate surface area is 420 Å². The minimum Gasteiger partial charge on any atom is -0.497 e. The third-order valence-electron chi connectivity index (χ3n) is 16.1. The number of anilines is 4. The maximum atomic E-state index is 13.7. The number of hydrogen-bond acceptors (Lipinski definition) is 14. The molecule has 6 aliphatic rings. The first-order valence-corrected chi connectivity index (χ1v) is 26.2. The zero-order valence-electron chi connectivity index (χ0n) is 42.4. The molecule has 0 radical (unpaired) electrons. The van der Waals surface area contributed by atoms with E-state index in [1.165, 1.54) is 6.42 Å². The predicted molar refractivity (Wildman–Crippen MR) is 276 cm³/mol. The number of carbonyl (C=O) groups is 1. The number of thiazole rings is 1. The van der Waals surface area contributed by atoms with Crippen LogP contribution in [-0.2, 0) is 27.2 Å². The molecule has 12 rings (SSSR count). The summed E-state index contributed by atoms with van der Waals surface area (Å²) in [7, 11) is 1.65. The molecular formula is C55H67N9O6S. The highest BCUT2D eigenvalue weighted by Crippen LogP contribution is 2.72. The summed E-state index contributed by atoms with van der Waals surface area (Å²) in [5, 5.41) is 33.6. The molecule has 374 valence electrons. The largest absolute Gasteiger partial charge is 0.497 e. The van der Waals surface area contributed by atoms with Crippen LogP contribution in [0.5, 0.6) is 5.75 Å². The van der Waals surface area contributed by atoms with Crippen LogP contribution >= 0.6 is 11.3 Å². The molecule has 2 aliphatic heterocycles. The van der Waals surface area contributed by atoms with E-state index in [1.54, 1.807) is 18.4 Å².